The van der Waals surface area contributed by atoms with Crippen molar-refractivity contribution in [3.63, 3.8) is 0 Å². The van der Waals surface area contributed by atoms with Gasteiger partial charge >= 0.3 is 5.69 Å². The number of carbonyl (C=O) groups excluding carboxylic acids is 1. The van der Waals surface area contributed by atoms with Gasteiger partial charge in [0.05, 0.1) is 16.1 Å². The number of hydrogen-bond donors (Lipinski definition) is 0. The number of nitrogens with zero attached hydrogens (tertiary/aromatic N) is 4. The zero-order valence-electron chi connectivity index (χ0n) is 16.0. The monoisotopic (exact) mass is 434 g/mol. The molecule has 10 heteroatoms. The minimum Gasteiger partial charge on any atom is -0.463 e. The van der Waals surface area contributed by atoms with Crippen LogP contribution in [0.3, 0.4) is 0 Å². The standard InChI is InChI=1S/C20H20ClFN4O4/c21-14-7-18(26(28)29)20(23-8-14)30-12-19(27)25-16-5-6-17(25)11-24(10-16)9-13-1-3-15(22)4-2-13/h1-4,7-8,16-17H,5-6,9-12H2. The molecule has 2 saturated heterocycles. The van der Waals surface area contributed by atoms with Crippen LogP contribution in [0, 0.1) is 15.9 Å². The van der Waals surface area contributed by atoms with Gasteiger partial charge in [-0.1, -0.05) is 23.7 Å². The first-order valence-electron chi connectivity index (χ1n) is 9.61. The van der Waals surface area contributed by atoms with Gasteiger partial charge in [-0.2, -0.15) is 0 Å². The van der Waals surface area contributed by atoms with E-state index in [1.807, 2.05) is 4.90 Å². The molecule has 158 valence electrons. The maximum Gasteiger partial charge on any atom is 0.332 e. The van der Waals surface area contributed by atoms with Crippen LogP contribution in [-0.2, 0) is 11.3 Å². The molecule has 2 fully saturated rings. The van der Waals surface area contributed by atoms with E-state index < -0.39 is 4.92 Å². The first kappa shape index (κ1) is 20.5. The lowest BCUT2D eigenvalue weighted by Gasteiger charge is -2.41. The van der Waals surface area contributed by atoms with Gasteiger partial charge in [-0.3, -0.25) is 19.8 Å². The van der Waals surface area contributed by atoms with Crippen LogP contribution in [0.15, 0.2) is 36.5 Å². The SMILES string of the molecule is O=C(COc1ncc(Cl)cc1[N+](=O)[O-])N1C2CCC1CN(Cc1ccc(F)cc1)C2. The molecule has 2 aromatic rings. The van der Waals surface area contributed by atoms with Crippen LogP contribution in [0.4, 0.5) is 10.1 Å². The number of pyridine rings is 1. The predicted octanol–water partition coefficient (Wildman–Crippen LogP) is 3.04. The first-order valence-corrected chi connectivity index (χ1v) is 9.99. The highest BCUT2D eigenvalue weighted by molar-refractivity contribution is 6.30. The molecule has 2 aliphatic rings. The topological polar surface area (TPSA) is 88.8 Å². The Balaban J connectivity index is 1.37. The molecule has 8 nitrogen and oxygen atoms in total. The van der Waals surface area contributed by atoms with Crippen LogP contribution in [0.5, 0.6) is 5.88 Å². The smallest absolute Gasteiger partial charge is 0.332 e. The van der Waals surface area contributed by atoms with Gasteiger partial charge < -0.3 is 9.64 Å². The van der Waals surface area contributed by atoms with Gasteiger partial charge in [0.1, 0.15) is 5.82 Å². The number of carbonyl (C=O) groups is 1. The molecular weight excluding hydrogens is 415 g/mol. The Morgan fingerprint density at radius 1 is 1.27 bits per heavy atom. The van der Waals surface area contributed by atoms with E-state index in [9.17, 15) is 19.3 Å². The molecule has 0 N–H and O–H groups in total. The molecule has 30 heavy (non-hydrogen) atoms. The van der Waals surface area contributed by atoms with Crippen LogP contribution < -0.4 is 4.74 Å². The minimum absolute atomic E-state index is 0.0634. The number of amides is 1. The van der Waals surface area contributed by atoms with Crippen LogP contribution in [0.25, 0.3) is 0 Å². The van der Waals surface area contributed by atoms with E-state index in [1.54, 1.807) is 12.1 Å². The van der Waals surface area contributed by atoms with Crippen molar-refractivity contribution in [2.75, 3.05) is 19.7 Å². The summed E-state index contributed by atoms with van der Waals surface area (Å²) in [4.78, 5) is 31.2. The van der Waals surface area contributed by atoms with E-state index in [4.69, 9.17) is 16.3 Å². The molecule has 0 saturated carbocycles. The summed E-state index contributed by atoms with van der Waals surface area (Å²) in [6.45, 7) is 1.82. The first-order chi connectivity index (χ1) is 14.4. The largest absolute Gasteiger partial charge is 0.463 e. The highest BCUT2D eigenvalue weighted by atomic mass is 35.5. The van der Waals surface area contributed by atoms with Crippen molar-refractivity contribution in [2.24, 2.45) is 0 Å². The molecule has 0 aliphatic carbocycles. The van der Waals surface area contributed by atoms with E-state index in [1.165, 1.54) is 18.3 Å². The molecule has 0 radical (unpaired) electrons. The summed E-state index contributed by atoms with van der Waals surface area (Å²) in [5.74, 6) is -0.695. The number of halogens is 2. The number of nitro groups is 1. The summed E-state index contributed by atoms with van der Waals surface area (Å²) in [7, 11) is 0. The maximum absolute atomic E-state index is 13.1. The molecule has 3 heterocycles. The summed E-state index contributed by atoms with van der Waals surface area (Å²) >= 11 is 5.75. The average Bonchev–Trinajstić information content (AvgIpc) is 2.99. The Kier molecular flexibility index (Phi) is 5.83. The number of ether oxygens (including phenoxy) is 1. The van der Waals surface area contributed by atoms with Gasteiger partial charge in [0.15, 0.2) is 6.61 Å². The van der Waals surface area contributed by atoms with Gasteiger partial charge in [-0.05, 0) is 30.5 Å². The maximum atomic E-state index is 13.1. The molecule has 0 spiro atoms. The summed E-state index contributed by atoms with van der Waals surface area (Å²) in [5.41, 5.74) is 0.655. The van der Waals surface area contributed by atoms with E-state index >= 15 is 0 Å². The Labute approximate surface area is 177 Å². The fourth-order valence-corrected chi connectivity index (χ4v) is 4.39. The number of likely N-dealkylation sites (tertiary alicyclic amines) is 1. The van der Waals surface area contributed by atoms with Crippen molar-refractivity contribution < 1.29 is 18.8 Å². The van der Waals surface area contributed by atoms with Gasteiger partial charge in [-0.25, -0.2) is 9.37 Å². The van der Waals surface area contributed by atoms with Gasteiger partial charge in [-0.15, -0.1) is 0 Å². The highest BCUT2D eigenvalue weighted by Gasteiger charge is 2.42. The summed E-state index contributed by atoms with van der Waals surface area (Å²) in [6, 6.07) is 7.72. The fourth-order valence-electron chi connectivity index (χ4n) is 4.24. The molecule has 2 atom stereocenters. The van der Waals surface area contributed by atoms with Crippen LogP contribution >= 0.6 is 11.6 Å². The summed E-state index contributed by atoms with van der Waals surface area (Å²) < 4.78 is 18.5. The zero-order valence-corrected chi connectivity index (χ0v) is 16.8. The van der Waals surface area contributed by atoms with E-state index in [2.05, 4.69) is 9.88 Å². The third-order valence-electron chi connectivity index (χ3n) is 5.49. The third kappa shape index (κ3) is 4.36. The Bertz CT molecular complexity index is 944. The second-order valence-corrected chi connectivity index (χ2v) is 7.97. The quantitative estimate of drug-likeness (QED) is 0.513. The molecule has 1 amide bonds. The second kappa shape index (κ2) is 8.53. The van der Waals surface area contributed by atoms with Crippen molar-refractivity contribution >= 4 is 23.2 Å². The Morgan fingerprint density at radius 2 is 1.93 bits per heavy atom. The van der Waals surface area contributed by atoms with Crippen molar-refractivity contribution in [3.05, 3.63) is 63.0 Å². The Hall–Kier alpha value is -2.78. The van der Waals surface area contributed by atoms with E-state index in [0.29, 0.717) is 6.54 Å². The van der Waals surface area contributed by atoms with Crippen LogP contribution in [-0.4, -0.2) is 57.4 Å². The van der Waals surface area contributed by atoms with Crippen LogP contribution in [0.2, 0.25) is 5.02 Å². The van der Waals surface area contributed by atoms with Crippen molar-refractivity contribution in [1.29, 1.82) is 0 Å². The lowest BCUT2D eigenvalue weighted by molar-refractivity contribution is -0.386. The van der Waals surface area contributed by atoms with E-state index in [0.717, 1.165) is 37.6 Å². The number of rotatable bonds is 6. The molecule has 4 rings (SSSR count). The normalized spacial score (nSPS) is 20.9. The van der Waals surface area contributed by atoms with Crippen LogP contribution in [0.1, 0.15) is 18.4 Å². The highest BCUT2D eigenvalue weighted by Crippen LogP contribution is 2.32. The molecule has 1 aromatic carbocycles. The number of hydrogen-bond acceptors (Lipinski definition) is 6. The molecule has 1 aromatic heterocycles. The van der Waals surface area contributed by atoms with Gasteiger partial charge in [0, 0.05) is 37.8 Å². The number of benzene rings is 1. The second-order valence-electron chi connectivity index (χ2n) is 7.53. The minimum atomic E-state index is -0.642. The molecule has 2 aliphatic heterocycles. The van der Waals surface area contributed by atoms with Crippen molar-refractivity contribution in [2.45, 2.75) is 31.5 Å². The van der Waals surface area contributed by atoms with Gasteiger partial charge in [0.2, 0.25) is 0 Å². The predicted molar refractivity (Wildman–Crippen MR) is 107 cm³/mol. The summed E-state index contributed by atoms with van der Waals surface area (Å²) in [5, 5.41) is 11.3. The summed E-state index contributed by atoms with van der Waals surface area (Å²) in [6.07, 6.45) is 3.04. The van der Waals surface area contributed by atoms with Crippen molar-refractivity contribution in [1.82, 2.24) is 14.8 Å². The zero-order chi connectivity index (χ0) is 21.3. The van der Waals surface area contributed by atoms with E-state index in [-0.39, 0.29) is 47.0 Å². The molecular formula is C20H20ClFN4O4. The van der Waals surface area contributed by atoms with Gasteiger partial charge in [0.25, 0.3) is 11.8 Å². The number of piperazine rings is 1. The van der Waals surface area contributed by atoms with Crippen molar-refractivity contribution in [3.8, 4) is 5.88 Å². The Morgan fingerprint density at radius 3 is 2.57 bits per heavy atom. The number of fused-ring (bicyclic) bond motifs is 2. The fraction of sp³-hybridized carbons (Fsp3) is 0.400. The lowest BCUT2D eigenvalue weighted by atomic mass is 10.1. The number of aromatic nitrogens is 1. The molecule has 2 bridgehead atoms. The molecule has 2 unspecified atom stereocenters. The lowest BCUT2D eigenvalue weighted by Crippen LogP contribution is -2.56. The average molecular weight is 435 g/mol. The third-order valence-corrected chi connectivity index (χ3v) is 5.70.